The molecular weight excluding hydrogens is 431 g/mol. The van der Waals surface area contributed by atoms with Gasteiger partial charge in [0, 0.05) is 44.3 Å². The molecule has 1 aromatic heterocycles. The monoisotopic (exact) mass is 464 g/mol. The van der Waals surface area contributed by atoms with Crippen molar-refractivity contribution in [2.45, 2.75) is 47.6 Å². The van der Waals surface area contributed by atoms with Crippen LogP contribution < -0.4 is 16.0 Å². The Morgan fingerprint density at radius 1 is 1.16 bits per heavy atom. The predicted octanol–water partition coefficient (Wildman–Crippen LogP) is 1.84. The van der Waals surface area contributed by atoms with Crippen LogP contribution in [0.3, 0.4) is 0 Å². The van der Waals surface area contributed by atoms with Crippen molar-refractivity contribution in [3.63, 3.8) is 0 Å². The van der Waals surface area contributed by atoms with Gasteiger partial charge in [0.2, 0.25) is 5.91 Å². The number of carbonyl (C=O) groups excluding carboxylic acids is 1. The molecule has 0 atom stereocenters. The number of carbonyl (C=O) groups is 1. The van der Waals surface area contributed by atoms with Gasteiger partial charge in [0.25, 0.3) is 0 Å². The van der Waals surface area contributed by atoms with Gasteiger partial charge in [-0.15, -0.1) is 24.0 Å². The number of hydrogen-bond acceptors (Lipinski definition) is 3. The third-order valence-electron chi connectivity index (χ3n) is 3.55. The molecule has 144 valence electrons. The molecular formula is C17H33IN6O. The summed E-state index contributed by atoms with van der Waals surface area (Å²) in [6.45, 7) is 12.7. The van der Waals surface area contributed by atoms with Gasteiger partial charge < -0.3 is 16.0 Å². The highest BCUT2D eigenvalue weighted by Gasteiger charge is 2.20. The summed E-state index contributed by atoms with van der Waals surface area (Å²) in [5.41, 5.74) is 1.88. The fraction of sp³-hybridized carbons (Fsp3) is 0.706. The smallest absolute Gasteiger partial charge is 0.225 e. The van der Waals surface area contributed by atoms with Crippen LogP contribution in [0.25, 0.3) is 0 Å². The Labute approximate surface area is 168 Å². The fourth-order valence-electron chi connectivity index (χ4n) is 2.18. The van der Waals surface area contributed by atoms with Gasteiger partial charge in [-0.25, -0.2) is 0 Å². The third kappa shape index (κ3) is 9.08. The first-order valence-corrected chi connectivity index (χ1v) is 8.48. The van der Waals surface area contributed by atoms with Crippen LogP contribution in [0.4, 0.5) is 0 Å². The number of nitrogens with zero attached hydrogens (tertiary/aromatic N) is 3. The van der Waals surface area contributed by atoms with Crippen LogP contribution >= 0.6 is 24.0 Å². The van der Waals surface area contributed by atoms with Gasteiger partial charge in [-0.05, 0) is 26.3 Å². The van der Waals surface area contributed by atoms with E-state index >= 15 is 0 Å². The second-order valence-corrected chi connectivity index (χ2v) is 6.94. The van der Waals surface area contributed by atoms with E-state index in [1.807, 2.05) is 32.4 Å². The Kier molecular flexibility index (Phi) is 10.7. The molecule has 0 unspecified atom stereocenters. The standard InChI is InChI=1S/C17H32N6O.HI/c1-13-12-14(2)23(22-13)11-7-8-20-16(18-6)21-10-9-19-15(24)17(3,4)5;/h12H,7-11H2,1-6H3,(H,19,24)(H2,18,20,21);1H. The number of aromatic nitrogens is 2. The maximum absolute atomic E-state index is 11.8. The van der Waals surface area contributed by atoms with Gasteiger partial charge in [0.1, 0.15) is 0 Å². The lowest BCUT2D eigenvalue weighted by molar-refractivity contribution is -0.128. The lowest BCUT2D eigenvalue weighted by atomic mass is 9.96. The molecule has 3 N–H and O–H groups in total. The maximum Gasteiger partial charge on any atom is 0.225 e. The molecule has 1 aromatic rings. The normalized spacial score (nSPS) is 11.7. The molecule has 0 aliphatic rings. The minimum atomic E-state index is -0.358. The molecule has 8 heteroatoms. The van der Waals surface area contributed by atoms with Crippen LogP contribution in [0.15, 0.2) is 11.1 Å². The highest BCUT2D eigenvalue weighted by molar-refractivity contribution is 14.0. The largest absolute Gasteiger partial charge is 0.356 e. The third-order valence-corrected chi connectivity index (χ3v) is 3.55. The van der Waals surface area contributed by atoms with Crippen LogP contribution in [-0.2, 0) is 11.3 Å². The highest BCUT2D eigenvalue weighted by atomic mass is 127. The highest BCUT2D eigenvalue weighted by Crippen LogP contribution is 2.11. The van der Waals surface area contributed by atoms with E-state index in [0.29, 0.717) is 13.1 Å². The summed E-state index contributed by atoms with van der Waals surface area (Å²) in [4.78, 5) is 15.9. The van der Waals surface area contributed by atoms with Crippen molar-refractivity contribution in [2.75, 3.05) is 26.7 Å². The van der Waals surface area contributed by atoms with Gasteiger partial charge in [-0.3, -0.25) is 14.5 Å². The van der Waals surface area contributed by atoms with E-state index in [0.717, 1.165) is 31.2 Å². The average Bonchev–Trinajstić information content (AvgIpc) is 2.82. The van der Waals surface area contributed by atoms with Crippen LogP contribution in [-0.4, -0.2) is 48.3 Å². The molecule has 0 saturated carbocycles. The SMILES string of the molecule is CN=C(NCCCn1nc(C)cc1C)NCCNC(=O)C(C)(C)C.I. The topological polar surface area (TPSA) is 83.3 Å². The van der Waals surface area contributed by atoms with Crippen molar-refractivity contribution in [1.82, 2.24) is 25.7 Å². The summed E-state index contributed by atoms with van der Waals surface area (Å²) in [7, 11) is 1.74. The molecule has 0 aliphatic carbocycles. The fourth-order valence-corrected chi connectivity index (χ4v) is 2.18. The van der Waals surface area contributed by atoms with Crippen molar-refractivity contribution in [1.29, 1.82) is 0 Å². The van der Waals surface area contributed by atoms with Crippen molar-refractivity contribution in [2.24, 2.45) is 10.4 Å². The molecule has 0 aliphatic heterocycles. The first-order chi connectivity index (χ1) is 11.2. The zero-order valence-corrected chi connectivity index (χ0v) is 18.6. The van der Waals surface area contributed by atoms with Crippen molar-refractivity contribution in [3.8, 4) is 0 Å². The second-order valence-electron chi connectivity index (χ2n) is 6.94. The molecule has 0 saturated heterocycles. The van der Waals surface area contributed by atoms with Crippen LogP contribution in [0, 0.1) is 19.3 Å². The van der Waals surface area contributed by atoms with E-state index in [9.17, 15) is 4.79 Å². The molecule has 1 heterocycles. The Morgan fingerprint density at radius 2 is 1.76 bits per heavy atom. The first kappa shape index (κ1) is 23.7. The summed E-state index contributed by atoms with van der Waals surface area (Å²) in [6.07, 6.45) is 0.962. The molecule has 0 fully saturated rings. The molecule has 1 rings (SSSR count). The molecule has 25 heavy (non-hydrogen) atoms. The van der Waals surface area contributed by atoms with Crippen LogP contribution in [0.5, 0.6) is 0 Å². The van der Waals surface area contributed by atoms with Gasteiger partial charge in [-0.1, -0.05) is 20.8 Å². The number of aliphatic imine (C=N–C) groups is 1. The minimum Gasteiger partial charge on any atom is -0.356 e. The van der Waals surface area contributed by atoms with Crippen LogP contribution in [0.2, 0.25) is 0 Å². The summed E-state index contributed by atoms with van der Waals surface area (Å²) in [6, 6.07) is 2.08. The van der Waals surface area contributed by atoms with Gasteiger partial charge in [0.05, 0.1) is 5.69 Å². The molecule has 0 bridgehead atoms. The summed E-state index contributed by atoms with van der Waals surface area (Å²) in [5.74, 6) is 0.797. The Morgan fingerprint density at radius 3 is 2.28 bits per heavy atom. The molecule has 0 radical (unpaired) electrons. The quantitative estimate of drug-likeness (QED) is 0.249. The lowest BCUT2D eigenvalue weighted by Gasteiger charge is -2.18. The Balaban J connectivity index is 0.00000576. The second kappa shape index (κ2) is 11.3. The van der Waals surface area contributed by atoms with Crippen molar-refractivity contribution < 1.29 is 4.79 Å². The number of hydrogen-bond donors (Lipinski definition) is 3. The van der Waals surface area contributed by atoms with Gasteiger partial charge in [0.15, 0.2) is 5.96 Å². The summed E-state index contributed by atoms with van der Waals surface area (Å²) < 4.78 is 2.02. The van der Waals surface area contributed by atoms with E-state index in [2.05, 4.69) is 39.0 Å². The molecule has 0 spiro atoms. The van der Waals surface area contributed by atoms with E-state index in [1.54, 1.807) is 7.05 Å². The Bertz CT molecular complexity index is 562. The number of amides is 1. The van der Waals surface area contributed by atoms with E-state index in [-0.39, 0.29) is 35.3 Å². The van der Waals surface area contributed by atoms with Crippen molar-refractivity contribution >= 4 is 35.8 Å². The van der Waals surface area contributed by atoms with E-state index in [4.69, 9.17) is 0 Å². The zero-order chi connectivity index (χ0) is 18.2. The van der Waals surface area contributed by atoms with Gasteiger partial charge in [-0.2, -0.15) is 5.10 Å². The zero-order valence-electron chi connectivity index (χ0n) is 16.3. The number of rotatable bonds is 7. The number of aryl methyl sites for hydroxylation is 3. The lowest BCUT2D eigenvalue weighted by Crippen LogP contribution is -2.43. The average molecular weight is 464 g/mol. The number of guanidine groups is 1. The molecule has 0 aromatic carbocycles. The Hall–Kier alpha value is -1.32. The number of nitrogens with one attached hydrogen (secondary N) is 3. The van der Waals surface area contributed by atoms with E-state index < -0.39 is 0 Å². The molecule has 7 nitrogen and oxygen atoms in total. The summed E-state index contributed by atoms with van der Waals surface area (Å²) in [5, 5.41) is 13.8. The van der Waals surface area contributed by atoms with Crippen LogP contribution in [0.1, 0.15) is 38.6 Å². The minimum absolute atomic E-state index is 0. The maximum atomic E-state index is 11.8. The van der Waals surface area contributed by atoms with E-state index in [1.165, 1.54) is 5.69 Å². The molecule has 1 amide bonds. The predicted molar refractivity (Wildman–Crippen MR) is 114 cm³/mol. The number of halogens is 1. The van der Waals surface area contributed by atoms with Crippen molar-refractivity contribution in [3.05, 3.63) is 17.5 Å². The first-order valence-electron chi connectivity index (χ1n) is 8.48. The summed E-state index contributed by atoms with van der Waals surface area (Å²) >= 11 is 0. The van der Waals surface area contributed by atoms with Gasteiger partial charge >= 0.3 is 0 Å².